The molecule has 1 saturated heterocycles. The second-order valence-corrected chi connectivity index (χ2v) is 5.37. The number of nitrogens with one attached hydrogen (secondary N) is 1. The first-order valence-electron chi connectivity index (χ1n) is 7.27. The van der Waals surface area contributed by atoms with Crippen LogP contribution in [0.3, 0.4) is 0 Å². The Morgan fingerprint density at radius 1 is 1.40 bits per heavy atom. The number of amides is 1. The summed E-state index contributed by atoms with van der Waals surface area (Å²) in [6.45, 7) is 4.86. The molecular weight excluding hydrogens is 254 g/mol. The van der Waals surface area contributed by atoms with Gasteiger partial charge in [-0.05, 0) is 44.2 Å². The van der Waals surface area contributed by atoms with Crippen molar-refractivity contribution in [1.29, 1.82) is 0 Å². The minimum absolute atomic E-state index is 0.0980. The fourth-order valence-corrected chi connectivity index (χ4v) is 2.36. The molecule has 1 N–H and O–H groups in total. The Morgan fingerprint density at radius 2 is 2.25 bits per heavy atom. The smallest absolute Gasteiger partial charge is 0.243 e. The number of rotatable bonds is 5. The lowest BCUT2D eigenvalue weighted by Crippen LogP contribution is -2.33. The number of hydrogen-bond acceptors (Lipinski definition) is 3. The molecule has 20 heavy (non-hydrogen) atoms. The van der Waals surface area contributed by atoms with Crippen LogP contribution < -0.4 is 5.48 Å². The SMILES string of the molecule is Cc1ccc(CCC(=O)NOC2CCCCO2)c(C)c1. The second kappa shape index (κ2) is 7.41. The van der Waals surface area contributed by atoms with Crippen LogP contribution in [0.15, 0.2) is 18.2 Å². The molecule has 0 saturated carbocycles. The third-order valence-electron chi connectivity index (χ3n) is 3.56. The van der Waals surface area contributed by atoms with Crippen molar-refractivity contribution >= 4 is 5.91 Å². The summed E-state index contributed by atoms with van der Waals surface area (Å²) in [7, 11) is 0. The summed E-state index contributed by atoms with van der Waals surface area (Å²) < 4.78 is 5.39. The van der Waals surface area contributed by atoms with E-state index < -0.39 is 0 Å². The normalized spacial score (nSPS) is 18.8. The molecule has 1 amide bonds. The van der Waals surface area contributed by atoms with Gasteiger partial charge in [0.2, 0.25) is 5.91 Å². The monoisotopic (exact) mass is 277 g/mol. The van der Waals surface area contributed by atoms with Crippen molar-refractivity contribution in [2.24, 2.45) is 0 Å². The average Bonchev–Trinajstić information content (AvgIpc) is 2.45. The molecule has 0 bridgehead atoms. The summed E-state index contributed by atoms with van der Waals surface area (Å²) >= 11 is 0. The van der Waals surface area contributed by atoms with Gasteiger partial charge in [-0.2, -0.15) is 0 Å². The molecule has 2 rings (SSSR count). The summed E-state index contributed by atoms with van der Waals surface area (Å²) in [4.78, 5) is 17.0. The van der Waals surface area contributed by atoms with Crippen molar-refractivity contribution < 1.29 is 14.4 Å². The number of benzene rings is 1. The van der Waals surface area contributed by atoms with Crippen LogP contribution in [0.1, 0.15) is 42.4 Å². The van der Waals surface area contributed by atoms with Gasteiger partial charge in [0.1, 0.15) is 0 Å². The Balaban J connectivity index is 1.71. The van der Waals surface area contributed by atoms with Gasteiger partial charge in [0, 0.05) is 19.4 Å². The van der Waals surface area contributed by atoms with Crippen molar-refractivity contribution in [3.63, 3.8) is 0 Å². The van der Waals surface area contributed by atoms with E-state index >= 15 is 0 Å². The lowest BCUT2D eigenvalue weighted by Gasteiger charge is -2.22. The van der Waals surface area contributed by atoms with Crippen molar-refractivity contribution in [2.75, 3.05) is 6.61 Å². The molecule has 1 aliphatic heterocycles. The zero-order valence-electron chi connectivity index (χ0n) is 12.3. The van der Waals surface area contributed by atoms with Crippen LogP contribution in [-0.2, 0) is 20.8 Å². The highest BCUT2D eigenvalue weighted by Gasteiger charge is 2.15. The summed E-state index contributed by atoms with van der Waals surface area (Å²) in [5.41, 5.74) is 6.17. The Bertz CT molecular complexity index is 453. The molecular formula is C16H23NO3. The van der Waals surface area contributed by atoms with Gasteiger partial charge in [-0.15, -0.1) is 0 Å². The van der Waals surface area contributed by atoms with Crippen LogP contribution >= 0.6 is 0 Å². The summed E-state index contributed by atoms with van der Waals surface area (Å²) in [6, 6.07) is 6.30. The molecule has 1 fully saturated rings. The first kappa shape index (κ1) is 15.0. The molecule has 4 heteroatoms. The maximum absolute atomic E-state index is 11.7. The summed E-state index contributed by atoms with van der Waals surface area (Å²) in [5.74, 6) is -0.0980. The highest BCUT2D eigenvalue weighted by Crippen LogP contribution is 2.14. The van der Waals surface area contributed by atoms with E-state index in [1.54, 1.807) is 0 Å². The highest BCUT2D eigenvalue weighted by molar-refractivity contribution is 5.75. The van der Waals surface area contributed by atoms with Gasteiger partial charge in [0.25, 0.3) is 0 Å². The molecule has 1 aromatic rings. The van der Waals surface area contributed by atoms with Crippen LogP contribution in [0.2, 0.25) is 0 Å². The van der Waals surface area contributed by atoms with Crippen molar-refractivity contribution in [1.82, 2.24) is 5.48 Å². The lowest BCUT2D eigenvalue weighted by molar-refractivity contribution is -0.200. The largest absolute Gasteiger partial charge is 0.350 e. The fourth-order valence-electron chi connectivity index (χ4n) is 2.36. The van der Waals surface area contributed by atoms with E-state index in [2.05, 4.69) is 37.5 Å². The number of hydroxylamine groups is 1. The number of carbonyl (C=O) groups excluding carboxylic acids is 1. The summed E-state index contributed by atoms with van der Waals surface area (Å²) in [6.07, 6.45) is 3.87. The van der Waals surface area contributed by atoms with Gasteiger partial charge in [0.05, 0.1) is 0 Å². The van der Waals surface area contributed by atoms with Crippen LogP contribution in [-0.4, -0.2) is 18.8 Å². The van der Waals surface area contributed by atoms with E-state index in [1.807, 2.05) is 0 Å². The van der Waals surface area contributed by atoms with Gasteiger partial charge in [-0.1, -0.05) is 23.8 Å². The number of ether oxygens (including phenoxy) is 1. The predicted molar refractivity (Wildman–Crippen MR) is 77.1 cm³/mol. The quantitative estimate of drug-likeness (QED) is 0.842. The zero-order chi connectivity index (χ0) is 14.4. The lowest BCUT2D eigenvalue weighted by atomic mass is 10.0. The van der Waals surface area contributed by atoms with Crippen molar-refractivity contribution in [2.45, 2.75) is 52.2 Å². The minimum Gasteiger partial charge on any atom is -0.350 e. The first-order valence-corrected chi connectivity index (χ1v) is 7.27. The standard InChI is InChI=1S/C16H23NO3/c1-12-6-7-14(13(2)11-12)8-9-15(18)17-20-16-5-3-4-10-19-16/h6-7,11,16H,3-5,8-10H2,1-2H3,(H,17,18). The number of aryl methyl sites for hydroxylation is 3. The topological polar surface area (TPSA) is 47.6 Å². The minimum atomic E-state index is -0.284. The molecule has 1 heterocycles. The molecule has 1 aliphatic rings. The molecule has 1 atom stereocenters. The fraction of sp³-hybridized carbons (Fsp3) is 0.562. The van der Waals surface area contributed by atoms with Gasteiger partial charge in [-0.3, -0.25) is 4.79 Å². The highest BCUT2D eigenvalue weighted by atomic mass is 16.8. The van der Waals surface area contributed by atoms with Gasteiger partial charge in [-0.25, -0.2) is 10.3 Å². The molecule has 1 aromatic carbocycles. The Labute approximate surface area is 120 Å². The van der Waals surface area contributed by atoms with E-state index in [0.717, 1.165) is 25.7 Å². The number of hydrogen-bond donors (Lipinski definition) is 1. The summed E-state index contributed by atoms with van der Waals surface area (Å²) in [5, 5.41) is 0. The van der Waals surface area contributed by atoms with Crippen LogP contribution in [0, 0.1) is 13.8 Å². The van der Waals surface area contributed by atoms with E-state index in [-0.39, 0.29) is 12.2 Å². The van der Waals surface area contributed by atoms with E-state index in [4.69, 9.17) is 9.57 Å². The van der Waals surface area contributed by atoms with E-state index in [1.165, 1.54) is 16.7 Å². The van der Waals surface area contributed by atoms with Crippen LogP contribution in [0.25, 0.3) is 0 Å². The number of carbonyl (C=O) groups is 1. The predicted octanol–water partition coefficient (Wildman–Crippen LogP) is 2.81. The molecule has 0 radical (unpaired) electrons. The molecule has 0 spiro atoms. The first-order chi connectivity index (χ1) is 9.65. The molecule has 0 aliphatic carbocycles. The van der Waals surface area contributed by atoms with E-state index in [9.17, 15) is 4.79 Å². The molecule has 4 nitrogen and oxygen atoms in total. The maximum atomic E-state index is 11.7. The van der Waals surface area contributed by atoms with Gasteiger partial charge >= 0.3 is 0 Å². The maximum Gasteiger partial charge on any atom is 0.243 e. The third kappa shape index (κ3) is 4.62. The Hall–Kier alpha value is -1.39. The van der Waals surface area contributed by atoms with Crippen LogP contribution in [0.5, 0.6) is 0 Å². The molecule has 0 aromatic heterocycles. The van der Waals surface area contributed by atoms with E-state index in [0.29, 0.717) is 13.0 Å². The molecule has 110 valence electrons. The second-order valence-electron chi connectivity index (χ2n) is 5.37. The Morgan fingerprint density at radius 3 is 2.95 bits per heavy atom. The zero-order valence-corrected chi connectivity index (χ0v) is 12.3. The molecule has 1 unspecified atom stereocenters. The van der Waals surface area contributed by atoms with Gasteiger partial charge in [0.15, 0.2) is 6.29 Å². The Kier molecular flexibility index (Phi) is 5.56. The van der Waals surface area contributed by atoms with Crippen molar-refractivity contribution in [3.05, 3.63) is 34.9 Å². The van der Waals surface area contributed by atoms with Crippen molar-refractivity contribution in [3.8, 4) is 0 Å². The average molecular weight is 277 g/mol. The van der Waals surface area contributed by atoms with Gasteiger partial charge < -0.3 is 4.74 Å². The van der Waals surface area contributed by atoms with Crippen LogP contribution in [0.4, 0.5) is 0 Å². The third-order valence-corrected chi connectivity index (χ3v) is 3.56.